The first-order valence-electron chi connectivity index (χ1n) is 3.92. The molecular weight excluding hydrogens is 162 g/mol. The van der Waals surface area contributed by atoms with Crippen molar-refractivity contribution in [3.05, 3.63) is 0 Å². The lowest BCUT2D eigenvalue weighted by Gasteiger charge is -2.19. The molecule has 66 valence electrons. The third-order valence-corrected chi connectivity index (χ3v) is 2.57. The van der Waals surface area contributed by atoms with Crippen LogP contribution in [0.3, 0.4) is 0 Å². The van der Waals surface area contributed by atoms with Gasteiger partial charge in [-0.1, -0.05) is 19.8 Å². The van der Waals surface area contributed by atoms with Crippen molar-refractivity contribution in [2.24, 2.45) is 11.1 Å². The molecule has 1 fully saturated rings. The maximum Gasteiger partial charge on any atom is 0.152 e. The molecular formula is C8H16ClNO. The summed E-state index contributed by atoms with van der Waals surface area (Å²) >= 11 is 0. The number of hydrogen-bond acceptors (Lipinski definition) is 2. The summed E-state index contributed by atoms with van der Waals surface area (Å²) in [6, 6.07) is 0. The van der Waals surface area contributed by atoms with Crippen LogP contribution in [0.5, 0.6) is 0 Å². The zero-order valence-electron chi connectivity index (χ0n) is 6.93. The second-order valence-corrected chi connectivity index (χ2v) is 3.40. The minimum absolute atomic E-state index is 0. The van der Waals surface area contributed by atoms with Crippen LogP contribution >= 0.6 is 12.4 Å². The van der Waals surface area contributed by atoms with Crippen LogP contribution in [-0.2, 0) is 4.79 Å². The largest absolute Gasteiger partial charge is 0.324 e. The average Bonchev–Trinajstić information content (AvgIpc) is 2.36. The molecule has 1 aliphatic rings. The number of rotatable bonds is 2. The quantitative estimate of drug-likeness (QED) is 0.695. The summed E-state index contributed by atoms with van der Waals surface area (Å²) in [5, 5.41) is 0. The Morgan fingerprint density at radius 3 is 2.27 bits per heavy atom. The van der Waals surface area contributed by atoms with Crippen molar-refractivity contribution >= 4 is 18.2 Å². The summed E-state index contributed by atoms with van der Waals surface area (Å²) in [5.74, 6) is 0.241. The summed E-state index contributed by atoms with van der Waals surface area (Å²) in [5.41, 5.74) is 5.23. The van der Waals surface area contributed by atoms with Crippen LogP contribution in [0.2, 0.25) is 0 Å². The van der Waals surface area contributed by atoms with Crippen LogP contribution in [0.4, 0.5) is 0 Å². The van der Waals surface area contributed by atoms with Crippen molar-refractivity contribution < 1.29 is 4.79 Å². The van der Waals surface area contributed by atoms with E-state index in [2.05, 4.69) is 0 Å². The number of nitrogens with two attached hydrogens (primary N) is 1. The first kappa shape index (κ1) is 10.9. The van der Waals surface area contributed by atoms with Crippen LogP contribution in [0.25, 0.3) is 0 Å². The highest BCUT2D eigenvalue weighted by Crippen LogP contribution is 2.37. The van der Waals surface area contributed by atoms with Crippen LogP contribution in [0.1, 0.15) is 32.6 Å². The standard InChI is InChI=1S/C8H15NO.ClH/c1-8(7(10)6-9)4-2-3-5-8;/h2-6,9H2,1H3;1H. The Morgan fingerprint density at radius 2 is 1.91 bits per heavy atom. The highest BCUT2D eigenvalue weighted by atomic mass is 35.5. The molecule has 0 bridgehead atoms. The second kappa shape index (κ2) is 4.07. The molecule has 1 rings (SSSR count). The minimum Gasteiger partial charge on any atom is -0.324 e. The fourth-order valence-electron chi connectivity index (χ4n) is 1.68. The van der Waals surface area contributed by atoms with E-state index in [0.717, 1.165) is 12.8 Å². The molecule has 0 aromatic carbocycles. The Bertz CT molecular complexity index is 141. The van der Waals surface area contributed by atoms with E-state index in [0.29, 0.717) is 0 Å². The van der Waals surface area contributed by atoms with Gasteiger partial charge in [-0.15, -0.1) is 12.4 Å². The second-order valence-electron chi connectivity index (χ2n) is 3.40. The monoisotopic (exact) mass is 177 g/mol. The van der Waals surface area contributed by atoms with E-state index in [1.807, 2.05) is 6.92 Å². The number of carbonyl (C=O) groups is 1. The molecule has 1 aliphatic carbocycles. The molecule has 0 unspecified atom stereocenters. The molecule has 11 heavy (non-hydrogen) atoms. The van der Waals surface area contributed by atoms with E-state index in [1.165, 1.54) is 12.8 Å². The number of ketones is 1. The van der Waals surface area contributed by atoms with Gasteiger partial charge in [0.15, 0.2) is 5.78 Å². The van der Waals surface area contributed by atoms with Gasteiger partial charge in [0.1, 0.15) is 0 Å². The van der Waals surface area contributed by atoms with E-state index in [-0.39, 0.29) is 30.2 Å². The lowest BCUT2D eigenvalue weighted by molar-refractivity contribution is -0.126. The molecule has 3 heteroatoms. The molecule has 2 N–H and O–H groups in total. The third kappa shape index (κ3) is 2.17. The Kier molecular flexibility index (Phi) is 4.04. The van der Waals surface area contributed by atoms with Crippen molar-refractivity contribution in [1.29, 1.82) is 0 Å². The predicted octanol–water partition coefficient (Wildman–Crippen LogP) is 1.52. The van der Waals surface area contributed by atoms with Gasteiger partial charge in [-0.3, -0.25) is 4.79 Å². The fourth-order valence-corrected chi connectivity index (χ4v) is 1.68. The lowest BCUT2D eigenvalue weighted by atomic mass is 9.84. The maximum atomic E-state index is 11.2. The van der Waals surface area contributed by atoms with E-state index in [9.17, 15) is 4.79 Å². The Morgan fingerprint density at radius 1 is 1.45 bits per heavy atom. The van der Waals surface area contributed by atoms with Gasteiger partial charge in [0.05, 0.1) is 6.54 Å². The van der Waals surface area contributed by atoms with Gasteiger partial charge < -0.3 is 5.73 Å². The van der Waals surface area contributed by atoms with Crippen molar-refractivity contribution in [1.82, 2.24) is 0 Å². The lowest BCUT2D eigenvalue weighted by Crippen LogP contribution is -2.30. The van der Waals surface area contributed by atoms with E-state index >= 15 is 0 Å². The van der Waals surface area contributed by atoms with Crippen LogP contribution in [0.15, 0.2) is 0 Å². The number of hydrogen-bond donors (Lipinski definition) is 1. The van der Waals surface area contributed by atoms with E-state index < -0.39 is 0 Å². The number of carbonyl (C=O) groups excluding carboxylic acids is 1. The van der Waals surface area contributed by atoms with Crippen molar-refractivity contribution in [2.45, 2.75) is 32.6 Å². The van der Waals surface area contributed by atoms with Gasteiger partial charge in [-0.05, 0) is 12.8 Å². The van der Waals surface area contributed by atoms with Gasteiger partial charge in [-0.25, -0.2) is 0 Å². The molecule has 0 saturated heterocycles. The summed E-state index contributed by atoms with van der Waals surface area (Å²) < 4.78 is 0. The molecule has 0 aliphatic heterocycles. The molecule has 2 nitrogen and oxygen atoms in total. The molecule has 0 atom stereocenters. The summed E-state index contributed by atoms with van der Waals surface area (Å²) in [4.78, 5) is 11.2. The highest BCUT2D eigenvalue weighted by molar-refractivity contribution is 5.86. The smallest absolute Gasteiger partial charge is 0.152 e. The average molecular weight is 178 g/mol. The molecule has 0 radical (unpaired) electrons. The summed E-state index contributed by atoms with van der Waals surface area (Å²) in [6.07, 6.45) is 4.48. The highest BCUT2D eigenvalue weighted by Gasteiger charge is 2.34. The molecule has 0 aromatic heterocycles. The van der Waals surface area contributed by atoms with Gasteiger partial charge in [-0.2, -0.15) is 0 Å². The summed E-state index contributed by atoms with van der Waals surface area (Å²) in [6.45, 7) is 2.26. The molecule has 0 amide bonds. The van der Waals surface area contributed by atoms with Crippen LogP contribution in [-0.4, -0.2) is 12.3 Å². The van der Waals surface area contributed by atoms with Crippen molar-refractivity contribution in [3.8, 4) is 0 Å². The van der Waals surface area contributed by atoms with Crippen LogP contribution in [0, 0.1) is 5.41 Å². The number of Topliss-reactive ketones (excluding diaryl/α,β-unsaturated/α-hetero) is 1. The predicted molar refractivity (Wildman–Crippen MR) is 47.9 cm³/mol. The SMILES string of the molecule is CC1(C(=O)CN)CCCC1.Cl. The Hall–Kier alpha value is -0.0800. The topological polar surface area (TPSA) is 43.1 Å². The molecule has 0 aromatic rings. The van der Waals surface area contributed by atoms with Gasteiger partial charge >= 0.3 is 0 Å². The van der Waals surface area contributed by atoms with Gasteiger partial charge in [0, 0.05) is 5.41 Å². The first-order chi connectivity index (χ1) is 4.69. The zero-order chi connectivity index (χ0) is 7.61. The van der Waals surface area contributed by atoms with E-state index in [4.69, 9.17) is 5.73 Å². The normalized spacial score (nSPS) is 20.9. The van der Waals surface area contributed by atoms with E-state index in [1.54, 1.807) is 0 Å². The Balaban J connectivity index is 0.000001000. The number of halogens is 1. The molecule has 0 heterocycles. The summed E-state index contributed by atoms with van der Waals surface area (Å²) in [7, 11) is 0. The molecule has 1 saturated carbocycles. The molecule has 0 spiro atoms. The third-order valence-electron chi connectivity index (χ3n) is 2.57. The maximum absolute atomic E-state index is 11.2. The fraction of sp³-hybridized carbons (Fsp3) is 0.875. The van der Waals surface area contributed by atoms with Crippen molar-refractivity contribution in [2.75, 3.05) is 6.54 Å². The van der Waals surface area contributed by atoms with Crippen molar-refractivity contribution in [3.63, 3.8) is 0 Å². The van der Waals surface area contributed by atoms with Crippen LogP contribution < -0.4 is 5.73 Å². The minimum atomic E-state index is -0.0608. The van der Waals surface area contributed by atoms with Gasteiger partial charge in [0.2, 0.25) is 0 Å². The zero-order valence-corrected chi connectivity index (χ0v) is 7.75. The van der Waals surface area contributed by atoms with Gasteiger partial charge in [0.25, 0.3) is 0 Å². The first-order valence-corrected chi connectivity index (χ1v) is 3.92. The Labute approximate surface area is 73.9 Å².